The van der Waals surface area contributed by atoms with Crippen LogP contribution in [-0.4, -0.2) is 43.7 Å². The minimum Gasteiger partial charge on any atom is -0.462 e. The Bertz CT molecular complexity index is 1550. The summed E-state index contributed by atoms with van der Waals surface area (Å²) in [6, 6.07) is 16.9. The maximum Gasteiger partial charge on any atom is 0.308 e. The number of carbonyl (C=O) groups is 2. The lowest BCUT2D eigenvalue weighted by Gasteiger charge is -2.27. The van der Waals surface area contributed by atoms with Crippen LogP contribution in [0.25, 0.3) is 22.5 Å². The molecule has 0 bridgehead atoms. The van der Waals surface area contributed by atoms with Gasteiger partial charge in [0.15, 0.2) is 0 Å². The van der Waals surface area contributed by atoms with E-state index in [4.69, 9.17) is 10.5 Å². The van der Waals surface area contributed by atoms with Gasteiger partial charge < -0.3 is 25.5 Å². The van der Waals surface area contributed by atoms with E-state index < -0.39 is 24.0 Å². The molecule has 10 heteroatoms. The Hall–Kier alpha value is -4.57. The number of nitrogen functional groups attached to an aromatic ring is 1. The average Bonchev–Trinajstić information content (AvgIpc) is 3.28. The number of para-hydroxylation sites is 1. The fourth-order valence-corrected chi connectivity index (χ4v) is 5.40. The number of nitrogens with one attached hydrogen (secondary N) is 1. The Labute approximate surface area is 237 Å². The van der Waals surface area contributed by atoms with Gasteiger partial charge in [-0.2, -0.15) is 0 Å². The van der Waals surface area contributed by atoms with Crippen LogP contribution in [-0.2, 0) is 16.1 Å². The van der Waals surface area contributed by atoms with E-state index in [0.29, 0.717) is 53.2 Å². The SMILES string of the molecule is CC(C)c1c(C(=O)Nc2ccccc2)c(-c2ccnc(N)n2)c(-c2ccc(F)cc2)n1CC[C@@H]1C[C@@H](O)CC(=O)O1. The van der Waals surface area contributed by atoms with Crippen molar-refractivity contribution in [3.05, 3.63) is 83.9 Å². The molecule has 2 aromatic heterocycles. The molecule has 4 N–H and O–H groups in total. The van der Waals surface area contributed by atoms with E-state index >= 15 is 0 Å². The lowest BCUT2D eigenvalue weighted by molar-refractivity contribution is -0.160. The molecule has 3 heterocycles. The van der Waals surface area contributed by atoms with E-state index in [1.54, 1.807) is 30.3 Å². The molecule has 5 rings (SSSR count). The maximum atomic E-state index is 14.1. The number of halogens is 1. The standard InChI is InChI=1S/C31H32FN5O4/c1-18(2)28-27(30(40)35-21-6-4-3-5-7-21)26(24-12-14-34-31(33)36-24)29(19-8-10-20(32)11-9-19)37(28)15-13-23-16-22(38)17-25(39)41-23/h3-12,14,18,22-23,38H,13,15-17H2,1-2H3,(H,35,40)(H2,33,34,36)/t22-,23-/m1/s1. The number of cyclic esters (lactones) is 1. The highest BCUT2D eigenvalue weighted by atomic mass is 19.1. The zero-order valence-corrected chi connectivity index (χ0v) is 22.9. The Kier molecular flexibility index (Phi) is 8.11. The van der Waals surface area contributed by atoms with Crippen molar-refractivity contribution < 1.29 is 23.8 Å². The topological polar surface area (TPSA) is 132 Å². The number of anilines is 2. The number of esters is 1. The van der Waals surface area contributed by atoms with Crippen LogP contribution in [0.15, 0.2) is 66.9 Å². The zero-order chi connectivity index (χ0) is 29.1. The van der Waals surface area contributed by atoms with Gasteiger partial charge in [-0.25, -0.2) is 14.4 Å². The number of aromatic nitrogens is 3. The number of nitrogens with two attached hydrogens (primary N) is 1. The first kappa shape index (κ1) is 28.0. The second kappa shape index (κ2) is 11.9. The number of nitrogens with zero attached hydrogens (tertiary/aromatic N) is 3. The van der Waals surface area contributed by atoms with Gasteiger partial charge in [0, 0.05) is 42.5 Å². The molecule has 0 radical (unpaired) electrons. The summed E-state index contributed by atoms with van der Waals surface area (Å²) in [4.78, 5) is 34.6. The first-order chi connectivity index (χ1) is 19.7. The van der Waals surface area contributed by atoms with Gasteiger partial charge in [-0.3, -0.25) is 9.59 Å². The Morgan fingerprint density at radius 1 is 1.17 bits per heavy atom. The maximum absolute atomic E-state index is 14.1. The van der Waals surface area contributed by atoms with Crippen LogP contribution in [0.5, 0.6) is 0 Å². The summed E-state index contributed by atoms with van der Waals surface area (Å²) in [7, 11) is 0. The van der Waals surface area contributed by atoms with Gasteiger partial charge in [0.1, 0.15) is 11.9 Å². The number of amides is 1. The van der Waals surface area contributed by atoms with Gasteiger partial charge in [0.2, 0.25) is 5.95 Å². The summed E-state index contributed by atoms with van der Waals surface area (Å²) in [5.74, 6) is -1.26. The fraction of sp³-hybridized carbons (Fsp3) is 0.290. The summed E-state index contributed by atoms with van der Waals surface area (Å²) < 4.78 is 21.6. The third-order valence-electron chi connectivity index (χ3n) is 7.07. The predicted octanol–water partition coefficient (Wildman–Crippen LogP) is 5.17. The Morgan fingerprint density at radius 3 is 2.56 bits per heavy atom. The van der Waals surface area contributed by atoms with Crippen molar-refractivity contribution in [1.29, 1.82) is 0 Å². The number of aliphatic hydroxyl groups excluding tert-OH is 1. The first-order valence-corrected chi connectivity index (χ1v) is 13.6. The molecule has 212 valence electrons. The van der Waals surface area contributed by atoms with Gasteiger partial charge >= 0.3 is 5.97 Å². The number of hydrogen-bond donors (Lipinski definition) is 3. The second-order valence-corrected chi connectivity index (χ2v) is 10.4. The molecular formula is C31H32FN5O4. The molecule has 9 nitrogen and oxygen atoms in total. The molecule has 0 spiro atoms. The van der Waals surface area contributed by atoms with Crippen molar-refractivity contribution in [2.45, 2.75) is 57.8 Å². The molecule has 2 aromatic carbocycles. The number of benzene rings is 2. The monoisotopic (exact) mass is 557 g/mol. The number of ether oxygens (including phenoxy) is 1. The minimum atomic E-state index is -0.765. The average molecular weight is 558 g/mol. The number of rotatable bonds is 8. The minimum absolute atomic E-state index is 0.0266. The van der Waals surface area contributed by atoms with E-state index in [-0.39, 0.29) is 24.2 Å². The normalized spacial score (nSPS) is 17.0. The van der Waals surface area contributed by atoms with Crippen molar-refractivity contribution in [2.24, 2.45) is 0 Å². The van der Waals surface area contributed by atoms with Crippen LogP contribution in [0, 0.1) is 5.82 Å². The lowest BCUT2D eigenvalue weighted by atomic mass is 9.97. The first-order valence-electron chi connectivity index (χ1n) is 13.6. The fourth-order valence-electron chi connectivity index (χ4n) is 5.40. The van der Waals surface area contributed by atoms with E-state index in [1.807, 2.05) is 36.6 Å². The van der Waals surface area contributed by atoms with Crippen molar-refractivity contribution in [1.82, 2.24) is 14.5 Å². The second-order valence-electron chi connectivity index (χ2n) is 10.4. The molecule has 1 amide bonds. The zero-order valence-electron chi connectivity index (χ0n) is 22.9. The Morgan fingerprint density at radius 2 is 1.90 bits per heavy atom. The molecule has 0 unspecified atom stereocenters. The van der Waals surface area contributed by atoms with Crippen LogP contribution >= 0.6 is 0 Å². The molecule has 0 aliphatic carbocycles. The van der Waals surface area contributed by atoms with Crippen molar-refractivity contribution in [3.63, 3.8) is 0 Å². The van der Waals surface area contributed by atoms with Crippen LogP contribution in [0.4, 0.5) is 16.0 Å². The molecule has 1 fully saturated rings. The van der Waals surface area contributed by atoms with E-state index in [9.17, 15) is 19.1 Å². The van der Waals surface area contributed by atoms with Crippen molar-refractivity contribution >= 4 is 23.5 Å². The van der Waals surface area contributed by atoms with Gasteiger partial charge in [-0.05, 0) is 53.9 Å². The smallest absolute Gasteiger partial charge is 0.308 e. The van der Waals surface area contributed by atoms with Gasteiger partial charge in [-0.1, -0.05) is 32.0 Å². The summed E-state index contributed by atoms with van der Waals surface area (Å²) in [5.41, 5.74) is 10.0. The third kappa shape index (κ3) is 6.12. The molecule has 2 atom stereocenters. The van der Waals surface area contributed by atoms with Gasteiger partial charge in [0.25, 0.3) is 5.91 Å². The predicted molar refractivity (Wildman–Crippen MR) is 153 cm³/mol. The molecule has 1 aliphatic heterocycles. The van der Waals surface area contributed by atoms with Crippen LogP contribution < -0.4 is 11.1 Å². The quantitative estimate of drug-likeness (QED) is 0.255. The lowest BCUT2D eigenvalue weighted by Crippen LogP contribution is -2.33. The summed E-state index contributed by atoms with van der Waals surface area (Å²) in [5, 5.41) is 13.2. The number of hydrogen-bond acceptors (Lipinski definition) is 7. The number of aliphatic hydroxyl groups is 1. The largest absolute Gasteiger partial charge is 0.462 e. The molecule has 1 aliphatic rings. The summed E-state index contributed by atoms with van der Waals surface area (Å²) >= 11 is 0. The highest BCUT2D eigenvalue weighted by Crippen LogP contribution is 2.42. The van der Waals surface area contributed by atoms with Crippen molar-refractivity contribution in [2.75, 3.05) is 11.1 Å². The highest BCUT2D eigenvalue weighted by Gasteiger charge is 2.33. The molecular weight excluding hydrogens is 525 g/mol. The highest BCUT2D eigenvalue weighted by molar-refractivity contribution is 6.12. The summed E-state index contributed by atoms with van der Waals surface area (Å²) in [6.07, 6.45) is 0.970. The number of carbonyl (C=O) groups excluding carboxylic acids is 2. The van der Waals surface area contributed by atoms with Gasteiger partial charge in [0.05, 0.1) is 29.5 Å². The molecule has 41 heavy (non-hydrogen) atoms. The molecule has 0 saturated carbocycles. The Balaban J connectivity index is 1.73. The molecule has 4 aromatic rings. The van der Waals surface area contributed by atoms with Crippen LogP contribution in [0.2, 0.25) is 0 Å². The van der Waals surface area contributed by atoms with Gasteiger partial charge in [-0.15, -0.1) is 0 Å². The van der Waals surface area contributed by atoms with E-state index in [1.165, 1.54) is 18.3 Å². The van der Waals surface area contributed by atoms with E-state index in [0.717, 1.165) is 5.69 Å². The summed E-state index contributed by atoms with van der Waals surface area (Å²) in [6.45, 7) is 4.33. The third-order valence-corrected chi connectivity index (χ3v) is 7.07. The van der Waals surface area contributed by atoms with Crippen molar-refractivity contribution in [3.8, 4) is 22.5 Å². The van der Waals surface area contributed by atoms with Crippen LogP contribution in [0.3, 0.4) is 0 Å². The van der Waals surface area contributed by atoms with Crippen LogP contribution in [0.1, 0.15) is 55.1 Å². The molecule has 1 saturated heterocycles. The van der Waals surface area contributed by atoms with E-state index in [2.05, 4.69) is 15.3 Å².